The lowest BCUT2D eigenvalue weighted by atomic mass is 10.1. The summed E-state index contributed by atoms with van der Waals surface area (Å²) in [6.45, 7) is 2.63. The summed E-state index contributed by atoms with van der Waals surface area (Å²) in [6.07, 6.45) is 3.10. The largest absolute Gasteiger partial charge is 0.370 e. The lowest BCUT2D eigenvalue weighted by Gasteiger charge is -2.09. The number of benzene rings is 1. The molecule has 24 heavy (non-hydrogen) atoms. The topological polar surface area (TPSA) is 110 Å². The Labute approximate surface area is 141 Å². The van der Waals surface area contributed by atoms with Crippen LogP contribution in [-0.2, 0) is 16.4 Å². The highest BCUT2D eigenvalue weighted by Crippen LogP contribution is 2.23. The maximum Gasteiger partial charge on any atom is 0.238 e. The number of rotatable bonds is 7. The van der Waals surface area contributed by atoms with Crippen molar-refractivity contribution in [2.75, 3.05) is 17.2 Å². The molecule has 0 atom stereocenters. The van der Waals surface area contributed by atoms with Gasteiger partial charge in [0.25, 0.3) is 0 Å². The van der Waals surface area contributed by atoms with E-state index in [0.717, 1.165) is 23.5 Å². The predicted molar refractivity (Wildman–Crippen MR) is 93.4 cm³/mol. The van der Waals surface area contributed by atoms with Crippen LogP contribution in [0.1, 0.15) is 24.1 Å². The molecule has 1 aromatic heterocycles. The van der Waals surface area contributed by atoms with Crippen LogP contribution >= 0.6 is 0 Å². The fraction of sp³-hybridized carbons (Fsp3) is 0.375. The number of primary sulfonamides is 1. The predicted octanol–water partition coefficient (Wildman–Crippen LogP) is 1.66. The molecule has 7 nitrogen and oxygen atoms in total. The number of aromatic nitrogens is 2. The second kappa shape index (κ2) is 6.74. The van der Waals surface area contributed by atoms with Crippen LogP contribution in [0, 0.1) is 6.92 Å². The minimum Gasteiger partial charge on any atom is -0.370 e. The van der Waals surface area contributed by atoms with Crippen molar-refractivity contribution in [2.45, 2.75) is 37.1 Å². The summed E-state index contributed by atoms with van der Waals surface area (Å²) in [6, 6.07) is 9.01. The highest BCUT2D eigenvalue weighted by Gasteiger charge is 2.22. The summed E-state index contributed by atoms with van der Waals surface area (Å²) < 4.78 is 22.5. The van der Waals surface area contributed by atoms with Gasteiger partial charge in [0, 0.05) is 24.3 Å². The van der Waals surface area contributed by atoms with Gasteiger partial charge in [-0.15, -0.1) is 0 Å². The van der Waals surface area contributed by atoms with E-state index in [1.165, 1.54) is 25.0 Å². The Kier molecular flexibility index (Phi) is 4.68. The van der Waals surface area contributed by atoms with Gasteiger partial charge in [-0.1, -0.05) is 12.1 Å². The maximum absolute atomic E-state index is 11.2. The van der Waals surface area contributed by atoms with Gasteiger partial charge in [-0.3, -0.25) is 0 Å². The molecule has 0 radical (unpaired) electrons. The van der Waals surface area contributed by atoms with Crippen molar-refractivity contribution in [2.24, 2.45) is 5.14 Å². The van der Waals surface area contributed by atoms with Crippen LogP contribution in [0.4, 0.5) is 11.8 Å². The third kappa shape index (κ3) is 4.65. The van der Waals surface area contributed by atoms with E-state index in [-0.39, 0.29) is 4.90 Å². The molecule has 1 aliphatic rings. The van der Waals surface area contributed by atoms with Crippen molar-refractivity contribution >= 4 is 21.8 Å². The molecule has 0 spiro atoms. The molecule has 2 aromatic rings. The molecule has 4 N–H and O–H groups in total. The van der Waals surface area contributed by atoms with E-state index in [0.29, 0.717) is 18.5 Å². The highest BCUT2D eigenvalue weighted by atomic mass is 32.2. The van der Waals surface area contributed by atoms with Crippen molar-refractivity contribution in [3.05, 3.63) is 41.6 Å². The summed E-state index contributed by atoms with van der Waals surface area (Å²) in [5.74, 6) is 1.45. The molecule has 0 bridgehead atoms. The standard InChI is InChI=1S/C16H21N5O2S/c1-11-10-15(21-16(19-11)20-13-4-5-13)18-9-8-12-2-6-14(7-3-12)24(17,22)23/h2-3,6-7,10,13H,4-5,8-9H2,1H3,(H2,17,22,23)(H2,18,19,20,21). The molecule has 1 aromatic carbocycles. The molecule has 8 heteroatoms. The van der Waals surface area contributed by atoms with Crippen molar-refractivity contribution in [1.29, 1.82) is 0 Å². The summed E-state index contributed by atoms with van der Waals surface area (Å²) in [7, 11) is -3.64. The lowest BCUT2D eigenvalue weighted by molar-refractivity contribution is 0.598. The first-order valence-corrected chi connectivity index (χ1v) is 9.42. The van der Waals surface area contributed by atoms with Gasteiger partial charge in [0.05, 0.1) is 4.90 Å². The quantitative estimate of drug-likeness (QED) is 0.703. The Balaban J connectivity index is 1.57. The van der Waals surface area contributed by atoms with E-state index >= 15 is 0 Å². The van der Waals surface area contributed by atoms with E-state index in [9.17, 15) is 8.42 Å². The van der Waals surface area contributed by atoms with Gasteiger partial charge in [-0.25, -0.2) is 18.5 Å². The summed E-state index contributed by atoms with van der Waals surface area (Å²) in [4.78, 5) is 8.97. The van der Waals surface area contributed by atoms with Crippen LogP contribution in [0.3, 0.4) is 0 Å². The van der Waals surface area contributed by atoms with E-state index in [1.54, 1.807) is 12.1 Å². The third-order valence-electron chi connectivity index (χ3n) is 3.74. The molecule has 0 unspecified atom stereocenters. The van der Waals surface area contributed by atoms with Gasteiger partial charge in [-0.2, -0.15) is 4.98 Å². The van der Waals surface area contributed by atoms with Crippen LogP contribution in [0.2, 0.25) is 0 Å². The van der Waals surface area contributed by atoms with Crippen LogP contribution in [0.5, 0.6) is 0 Å². The lowest BCUT2D eigenvalue weighted by Crippen LogP contribution is -2.12. The number of nitrogens with two attached hydrogens (primary N) is 1. The van der Waals surface area contributed by atoms with Gasteiger partial charge in [0.15, 0.2) is 0 Å². The molecule has 1 fully saturated rings. The average Bonchev–Trinajstić information content (AvgIpc) is 3.30. The zero-order chi connectivity index (χ0) is 17.2. The van der Waals surface area contributed by atoms with E-state index in [2.05, 4.69) is 20.6 Å². The summed E-state index contributed by atoms with van der Waals surface area (Å²) in [5, 5.41) is 11.7. The number of nitrogens with one attached hydrogen (secondary N) is 2. The second-order valence-corrected chi connectivity index (χ2v) is 7.56. The molecular weight excluding hydrogens is 326 g/mol. The number of anilines is 2. The van der Waals surface area contributed by atoms with Crippen molar-refractivity contribution in [3.63, 3.8) is 0 Å². The zero-order valence-electron chi connectivity index (χ0n) is 13.5. The molecule has 1 heterocycles. The smallest absolute Gasteiger partial charge is 0.238 e. The molecule has 1 saturated carbocycles. The third-order valence-corrected chi connectivity index (χ3v) is 4.67. The summed E-state index contributed by atoms with van der Waals surface area (Å²) >= 11 is 0. The Morgan fingerprint density at radius 3 is 2.54 bits per heavy atom. The molecule has 0 aliphatic heterocycles. The maximum atomic E-state index is 11.2. The number of aryl methyl sites for hydroxylation is 1. The van der Waals surface area contributed by atoms with Gasteiger partial charge in [0.2, 0.25) is 16.0 Å². The Bertz CT molecular complexity index is 817. The van der Waals surface area contributed by atoms with Crippen LogP contribution in [-0.4, -0.2) is 31.0 Å². The monoisotopic (exact) mass is 347 g/mol. The number of nitrogens with zero attached hydrogens (tertiary/aromatic N) is 2. The van der Waals surface area contributed by atoms with Gasteiger partial charge >= 0.3 is 0 Å². The Morgan fingerprint density at radius 1 is 1.21 bits per heavy atom. The van der Waals surface area contributed by atoms with E-state index in [1.807, 2.05) is 13.0 Å². The van der Waals surface area contributed by atoms with Crippen LogP contribution in [0.15, 0.2) is 35.2 Å². The Hall–Kier alpha value is -2.19. The first kappa shape index (κ1) is 16.7. The zero-order valence-corrected chi connectivity index (χ0v) is 14.3. The fourth-order valence-electron chi connectivity index (χ4n) is 2.31. The summed E-state index contributed by atoms with van der Waals surface area (Å²) in [5.41, 5.74) is 1.94. The number of hydrogen-bond donors (Lipinski definition) is 3. The van der Waals surface area contributed by atoms with Crippen molar-refractivity contribution < 1.29 is 8.42 Å². The number of hydrogen-bond acceptors (Lipinski definition) is 6. The second-order valence-electron chi connectivity index (χ2n) is 6.00. The SMILES string of the molecule is Cc1cc(NCCc2ccc(S(N)(=O)=O)cc2)nc(NC2CC2)n1. The van der Waals surface area contributed by atoms with Crippen molar-refractivity contribution in [3.8, 4) is 0 Å². The molecule has 0 amide bonds. The Morgan fingerprint density at radius 2 is 1.92 bits per heavy atom. The van der Waals surface area contributed by atoms with E-state index < -0.39 is 10.0 Å². The van der Waals surface area contributed by atoms with Gasteiger partial charge in [-0.05, 0) is 43.9 Å². The first-order valence-electron chi connectivity index (χ1n) is 7.88. The van der Waals surface area contributed by atoms with Gasteiger partial charge in [0.1, 0.15) is 5.82 Å². The normalized spacial score (nSPS) is 14.4. The molecule has 128 valence electrons. The van der Waals surface area contributed by atoms with Crippen LogP contribution in [0.25, 0.3) is 0 Å². The van der Waals surface area contributed by atoms with Crippen molar-refractivity contribution in [1.82, 2.24) is 9.97 Å². The minimum atomic E-state index is -3.64. The number of sulfonamides is 1. The van der Waals surface area contributed by atoms with Gasteiger partial charge < -0.3 is 10.6 Å². The highest BCUT2D eigenvalue weighted by molar-refractivity contribution is 7.89. The average molecular weight is 347 g/mol. The van der Waals surface area contributed by atoms with Crippen LogP contribution < -0.4 is 15.8 Å². The first-order chi connectivity index (χ1) is 11.4. The minimum absolute atomic E-state index is 0.126. The fourth-order valence-corrected chi connectivity index (χ4v) is 2.83. The molecule has 0 saturated heterocycles. The molecular formula is C16H21N5O2S. The molecule has 3 rings (SSSR count). The molecule has 1 aliphatic carbocycles. The van der Waals surface area contributed by atoms with E-state index in [4.69, 9.17) is 5.14 Å².